The van der Waals surface area contributed by atoms with E-state index in [0.717, 1.165) is 28.1 Å². The molecule has 3 N–H and O–H groups in total. The van der Waals surface area contributed by atoms with Crippen molar-refractivity contribution in [2.24, 2.45) is 5.92 Å². The zero-order valence-electron chi connectivity index (χ0n) is 18.4. The SMILES string of the molecule is Cc1nc(NC(C)C2C=CC(C(F)(F)F)=C2)c2cc(C3(O)CCC(O)CC3)cc(C)c2n1. The fourth-order valence-electron chi connectivity index (χ4n) is 4.61. The van der Waals surface area contributed by atoms with Gasteiger partial charge >= 0.3 is 6.18 Å². The molecule has 1 aromatic carbocycles. The summed E-state index contributed by atoms with van der Waals surface area (Å²) in [7, 11) is 0. The lowest BCUT2D eigenvalue weighted by atomic mass is 9.78. The molecule has 2 unspecified atom stereocenters. The molecule has 2 aliphatic carbocycles. The van der Waals surface area contributed by atoms with E-state index in [9.17, 15) is 23.4 Å². The van der Waals surface area contributed by atoms with Gasteiger partial charge in [0.25, 0.3) is 0 Å². The van der Waals surface area contributed by atoms with Crippen molar-refractivity contribution in [3.63, 3.8) is 0 Å². The van der Waals surface area contributed by atoms with Crippen molar-refractivity contribution < 1.29 is 23.4 Å². The van der Waals surface area contributed by atoms with Crippen LogP contribution in [-0.2, 0) is 5.60 Å². The molecule has 4 rings (SSSR count). The summed E-state index contributed by atoms with van der Waals surface area (Å²) in [5.74, 6) is 0.660. The minimum Gasteiger partial charge on any atom is -0.393 e. The van der Waals surface area contributed by atoms with Gasteiger partial charge in [-0.05, 0) is 63.6 Å². The summed E-state index contributed by atoms with van der Waals surface area (Å²) in [6.07, 6.45) is 1.11. The van der Waals surface area contributed by atoms with Crippen molar-refractivity contribution in [1.29, 1.82) is 0 Å². The van der Waals surface area contributed by atoms with E-state index in [4.69, 9.17) is 0 Å². The molecule has 8 heteroatoms. The van der Waals surface area contributed by atoms with Gasteiger partial charge in [-0.25, -0.2) is 9.97 Å². The van der Waals surface area contributed by atoms with Crippen LogP contribution in [0.5, 0.6) is 0 Å². The van der Waals surface area contributed by atoms with Crippen LogP contribution in [-0.4, -0.2) is 38.5 Å². The van der Waals surface area contributed by atoms with Crippen LogP contribution in [0, 0.1) is 19.8 Å². The number of hydrogen-bond acceptors (Lipinski definition) is 5. The first-order valence-corrected chi connectivity index (χ1v) is 10.9. The Hall–Kier alpha value is -2.45. The van der Waals surface area contributed by atoms with E-state index in [-0.39, 0.29) is 6.04 Å². The van der Waals surface area contributed by atoms with Gasteiger partial charge in [-0.2, -0.15) is 13.2 Å². The summed E-state index contributed by atoms with van der Waals surface area (Å²) in [5, 5.41) is 25.1. The van der Waals surface area contributed by atoms with Crippen LogP contribution in [0.3, 0.4) is 0 Å². The second kappa shape index (κ2) is 8.15. The lowest BCUT2D eigenvalue weighted by Crippen LogP contribution is -2.33. The van der Waals surface area contributed by atoms with Crippen molar-refractivity contribution in [2.75, 3.05) is 5.32 Å². The molecular weight excluding hydrogens is 419 g/mol. The number of aromatic nitrogens is 2. The average molecular weight is 448 g/mol. The van der Waals surface area contributed by atoms with Gasteiger partial charge in [0.05, 0.1) is 22.8 Å². The van der Waals surface area contributed by atoms with Crippen molar-refractivity contribution in [3.05, 3.63) is 52.9 Å². The number of alkyl halides is 3. The summed E-state index contributed by atoms with van der Waals surface area (Å²) in [6, 6.07) is 3.47. The van der Waals surface area contributed by atoms with Crippen LogP contribution in [0.15, 0.2) is 35.9 Å². The Balaban J connectivity index is 1.69. The summed E-state index contributed by atoms with van der Waals surface area (Å²) < 4.78 is 39.0. The average Bonchev–Trinajstić information content (AvgIpc) is 3.22. The highest BCUT2D eigenvalue weighted by molar-refractivity contribution is 5.92. The predicted octanol–water partition coefficient (Wildman–Crippen LogP) is 4.84. The minimum atomic E-state index is -4.36. The molecule has 0 bridgehead atoms. The van der Waals surface area contributed by atoms with E-state index in [2.05, 4.69) is 15.3 Å². The second-order valence-electron chi connectivity index (χ2n) is 9.06. The Bertz CT molecular complexity index is 1090. The summed E-state index contributed by atoms with van der Waals surface area (Å²) in [5.41, 5.74) is 0.698. The maximum atomic E-state index is 13.0. The fraction of sp³-hybridized carbons (Fsp3) is 0.500. The summed E-state index contributed by atoms with van der Waals surface area (Å²) >= 11 is 0. The number of nitrogens with one attached hydrogen (secondary N) is 1. The van der Waals surface area contributed by atoms with Crippen LogP contribution >= 0.6 is 0 Å². The van der Waals surface area contributed by atoms with Crippen LogP contribution < -0.4 is 5.32 Å². The maximum absolute atomic E-state index is 13.0. The lowest BCUT2D eigenvalue weighted by Gasteiger charge is -2.35. The quantitative estimate of drug-likeness (QED) is 0.625. The number of allylic oxidation sites excluding steroid dienone is 2. The van der Waals surface area contributed by atoms with Gasteiger partial charge in [0.2, 0.25) is 0 Å². The number of halogens is 3. The third-order valence-corrected chi connectivity index (χ3v) is 6.56. The standard InChI is InChI=1S/C24H28F3N3O2/c1-13-10-18(23(32)8-6-19(31)7-9-23)12-20-21(13)29-15(3)30-22(20)28-14(2)16-4-5-17(11-16)24(25,26)27/h4-5,10-12,14,16,19,31-32H,6-9H2,1-3H3,(H,28,29,30). The molecular formula is C24H28F3N3O2. The monoisotopic (exact) mass is 447 g/mol. The van der Waals surface area contributed by atoms with E-state index in [1.807, 2.05) is 26.0 Å². The molecule has 1 fully saturated rings. The van der Waals surface area contributed by atoms with Crippen molar-refractivity contribution >= 4 is 16.7 Å². The Labute approximate surface area is 185 Å². The molecule has 0 radical (unpaired) electrons. The lowest BCUT2D eigenvalue weighted by molar-refractivity contribution is -0.0881. The van der Waals surface area contributed by atoms with Crippen molar-refractivity contribution in [2.45, 2.75) is 70.4 Å². The number of hydrogen-bond donors (Lipinski definition) is 3. The summed E-state index contributed by atoms with van der Waals surface area (Å²) in [4.78, 5) is 9.09. The first-order chi connectivity index (χ1) is 15.0. The largest absolute Gasteiger partial charge is 0.416 e. The maximum Gasteiger partial charge on any atom is 0.416 e. The fourth-order valence-corrected chi connectivity index (χ4v) is 4.61. The number of rotatable bonds is 4. The smallest absolute Gasteiger partial charge is 0.393 e. The molecule has 1 saturated carbocycles. The molecule has 1 aromatic heterocycles. The van der Waals surface area contributed by atoms with E-state index in [1.54, 1.807) is 13.0 Å². The second-order valence-corrected chi connectivity index (χ2v) is 9.06. The molecule has 2 aromatic rings. The number of fused-ring (bicyclic) bond motifs is 1. The van der Waals surface area contributed by atoms with Crippen LogP contribution in [0.25, 0.3) is 10.9 Å². The van der Waals surface area contributed by atoms with Gasteiger partial charge in [-0.3, -0.25) is 0 Å². The molecule has 0 amide bonds. The zero-order valence-corrected chi connectivity index (χ0v) is 18.4. The highest BCUT2D eigenvalue weighted by atomic mass is 19.4. The van der Waals surface area contributed by atoms with Crippen LogP contribution in [0.4, 0.5) is 19.0 Å². The van der Waals surface area contributed by atoms with Crippen LogP contribution in [0.1, 0.15) is 49.6 Å². The van der Waals surface area contributed by atoms with E-state index >= 15 is 0 Å². The topological polar surface area (TPSA) is 78.3 Å². The third kappa shape index (κ3) is 4.38. The highest BCUT2D eigenvalue weighted by Crippen LogP contribution is 2.40. The first-order valence-electron chi connectivity index (χ1n) is 10.9. The number of aryl methyl sites for hydroxylation is 2. The minimum absolute atomic E-state index is 0.333. The van der Waals surface area contributed by atoms with Gasteiger partial charge in [0.15, 0.2) is 0 Å². The molecule has 2 aliphatic rings. The molecule has 2 atom stereocenters. The van der Waals surface area contributed by atoms with Crippen LogP contribution in [0.2, 0.25) is 0 Å². The molecule has 5 nitrogen and oxygen atoms in total. The Kier molecular flexibility index (Phi) is 5.79. The molecule has 172 valence electrons. The predicted molar refractivity (Wildman–Crippen MR) is 117 cm³/mol. The first kappa shape index (κ1) is 22.7. The van der Waals surface area contributed by atoms with E-state index < -0.39 is 29.4 Å². The molecule has 0 spiro atoms. The van der Waals surface area contributed by atoms with Crippen molar-refractivity contribution in [3.8, 4) is 0 Å². The Morgan fingerprint density at radius 1 is 1.16 bits per heavy atom. The summed E-state index contributed by atoms with van der Waals surface area (Å²) in [6.45, 7) is 5.52. The normalized spacial score (nSPS) is 26.9. The van der Waals surface area contributed by atoms with Gasteiger partial charge in [0, 0.05) is 17.3 Å². The van der Waals surface area contributed by atoms with E-state index in [0.29, 0.717) is 37.3 Å². The molecule has 0 saturated heterocycles. The Morgan fingerprint density at radius 2 is 1.84 bits per heavy atom. The molecule has 32 heavy (non-hydrogen) atoms. The highest BCUT2D eigenvalue weighted by Gasteiger charge is 2.36. The molecule has 1 heterocycles. The number of aliphatic hydroxyl groups is 2. The number of benzene rings is 1. The third-order valence-electron chi connectivity index (χ3n) is 6.56. The van der Waals surface area contributed by atoms with Gasteiger partial charge in [-0.1, -0.05) is 24.3 Å². The number of aliphatic hydroxyl groups excluding tert-OH is 1. The van der Waals surface area contributed by atoms with Gasteiger partial charge in [0.1, 0.15) is 11.6 Å². The number of anilines is 1. The molecule has 0 aliphatic heterocycles. The Morgan fingerprint density at radius 3 is 2.47 bits per heavy atom. The van der Waals surface area contributed by atoms with Gasteiger partial charge < -0.3 is 15.5 Å². The van der Waals surface area contributed by atoms with Gasteiger partial charge in [-0.15, -0.1) is 0 Å². The van der Waals surface area contributed by atoms with Crippen molar-refractivity contribution in [1.82, 2.24) is 9.97 Å². The zero-order chi connectivity index (χ0) is 23.3. The van der Waals surface area contributed by atoms with E-state index in [1.165, 1.54) is 6.08 Å². The number of nitrogens with zero attached hydrogens (tertiary/aromatic N) is 2.